The van der Waals surface area contributed by atoms with E-state index in [-0.39, 0.29) is 0 Å². The average Bonchev–Trinajstić information content (AvgIpc) is 2.76. The topological polar surface area (TPSA) is 25.2 Å². The highest BCUT2D eigenvalue weighted by atomic mass is 16.3. The zero-order valence-electron chi connectivity index (χ0n) is 8.86. The molecule has 0 aliphatic carbocycles. The van der Waals surface area contributed by atoms with E-state index in [1.54, 1.807) is 0 Å². The van der Waals surface area contributed by atoms with Gasteiger partial charge < -0.3 is 9.73 Å². The molecule has 0 unspecified atom stereocenters. The number of benzene rings is 1. The zero-order chi connectivity index (χ0) is 10.5. The summed E-state index contributed by atoms with van der Waals surface area (Å²) in [7, 11) is 0. The van der Waals surface area contributed by atoms with Crippen LogP contribution < -0.4 is 5.32 Å². The lowest BCUT2D eigenvalue weighted by atomic mass is 10.2. The van der Waals surface area contributed by atoms with Crippen molar-refractivity contribution in [3.8, 4) is 11.3 Å². The molecule has 0 saturated carbocycles. The molecule has 0 amide bonds. The van der Waals surface area contributed by atoms with E-state index >= 15 is 0 Å². The summed E-state index contributed by atoms with van der Waals surface area (Å²) in [6.07, 6.45) is 0. The van der Waals surface area contributed by atoms with Gasteiger partial charge in [-0.05, 0) is 18.7 Å². The fourth-order valence-electron chi connectivity index (χ4n) is 1.48. The second-order valence-electron chi connectivity index (χ2n) is 3.41. The highest BCUT2D eigenvalue weighted by molar-refractivity contribution is 5.57. The lowest BCUT2D eigenvalue weighted by Crippen LogP contribution is -2.10. The monoisotopic (exact) mass is 201 g/mol. The molecular weight excluding hydrogens is 186 g/mol. The number of hydrogen-bond donors (Lipinski definition) is 1. The number of rotatable bonds is 4. The first-order chi connectivity index (χ1) is 7.40. The van der Waals surface area contributed by atoms with Crippen LogP contribution in [-0.2, 0) is 6.54 Å². The van der Waals surface area contributed by atoms with Gasteiger partial charge in [-0.3, -0.25) is 0 Å². The van der Waals surface area contributed by atoms with Crippen molar-refractivity contribution in [2.75, 3.05) is 6.54 Å². The van der Waals surface area contributed by atoms with Crippen molar-refractivity contribution in [2.45, 2.75) is 13.5 Å². The first-order valence-corrected chi connectivity index (χ1v) is 5.25. The lowest BCUT2D eigenvalue weighted by molar-refractivity contribution is 0.498. The molecule has 0 fully saturated rings. The van der Waals surface area contributed by atoms with Gasteiger partial charge >= 0.3 is 0 Å². The second kappa shape index (κ2) is 4.80. The van der Waals surface area contributed by atoms with Gasteiger partial charge in [0.2, 0.25) is 0 Å². The maximum Gasteiger partial charge on any atom is 0.134 e. The molecule has 2 heteroatoms. The van der Waals surface area contributed by atoms with Crippen LogP contribution in [0, 0.1) is 0 Å². The van der Waals surface area contributed by atoms with Crippen molar-refractivity contribution in [1.29, 1.82) is 0 Å². The summed E-state index contributed by atoms with van der Waals surface area (Å²) in [6, 6.07) is 14.2. The van der Waals surface area contributed by atoms with Crippen molar-refractivity contribution in [3.05, 3.63) is 48.2 Å². The molecule has 0 bridgehead atoms. The van der Waals surface area contributed by atoms with E-state index in [4.69, 9.17) is 4.42 Å². The van der Waals surface area contributed by atoms with Gasteiger partial charge in [0, 0.05) is 5.56 Å². The first kappa shape index (κ1) is 9.99. The van der Waals surface area contributed by atoms with Crippen LogP contribution in [0.4, 0.5) is 0 Å². The van der Waals surface area contributed by atoms with Gasteiger partial charge in [-0.15, -0.1) is 0 Å². The number of hydrogen-bond acceptors (Lipinski definition) is 2. The molecule has 2 rings (SSSR count). The van der Waals surface area contributed by atoms with Gasteiger partial charge in [-0.2, -0.15) is 0 Å². The molecule has 0 aliphatic heterocycles. The molecule has 1 aromatic carbocycles. The normalized spacial score (nSPS) is 10.5. The summed E-state index contributed by atoms with van der Waals surface area (Å²) in [5.74, 6) is 1.92. The third-order valence-corrected chi connectivity index (χ3v) is 2.27. The van der Waals surface area contributed by atoms with Crippen LogP contribution in [-0.4, -0.2) is 6.54 Å². The Balaban J connectivity index is 2.14. The SMILES string of the molecule is CCNCc1ccc(-c2ccccc2)o1. The van der Waals surface area contributed by atoms with E-state index in [9.17, 15) is 0 Å². The van der Waals surface area contributed by atoms with Crippen molar-refractivity contribution >= 4 is 0 Å². The van der Waals surface area contributed by atoms with Gasteiger partial charge in [0.15, 0.2) is 0 Å². The fraction of sp³-hybridized carbons (Fsp3) is 0.231. The summed E-state index contributed by atoms with van der Waals surface area (Å²) in [6.45, 7) is 3.84. The first-order valence-electron chi connectivity index (χ1n) is 5.25. The molecule has 2 aromatic rings. The Morgan fingerprint density at radius 2 is 1.87 bits per heavy atom. The lowest BCUT2D eigenvalue weighted by Gasteiger charge is -1.98. The molecule has 1 aromatic heterocycles. The van der Waals surface area contributed by atoms with E-state index in [1.807, 2.05) is 30.3 Å². The number of nitrogens with one attached hydrogen (secondary N) is 1. The molecule has 1 N–H and O–H groups in total. The summed E-state index contributed by atoms with van der Waals surface area (Å²) in [4.78, 5) is 0. The van der Waals surface area contributed by atoms with Crippen LogP contribution in [0.1, 0.15) is 12.7 Å². The quantitative estimate of drug-likeness (QED) is 0.822. The molecular formula is C13H15NO. The van der Waals surface area contributed by atoms with Crippen LogP contribution in [0.25, 0.3) is 11.3 Å². The van der Waals surface area contributed by atoms with Gasteiger partial charge in [-0.1, -0.05) is 37.3 Å². The minimum Gasteiger partial charge on any atom is -0.460 e. The van der Waals surface area contributed by atoms with Crippen LogP contribution >= 0.6 is 0 Å². The maximum absolute atomic E-state index is 5.71. The van der Waals surface area contributed by atoms with E-state index in [1.165, 1.54) is 0 Å². The molecule has 0 spiro atoms. The molecule has 0 aliphatic rings. The van der Waals surface area contributed by atoms with Gasteiger partial charge in [0.25, 0.3) is 0 Å². The van der Waals surface area contributed by atoms with E-state index in [0.717, 1.165) is 30.2 Å². The highest BCUT2D eigenvalue weighted by Crippen LogP contribution is 2.21. The Labute approximate surface area is 89.9 Å². The second-order valence-corrected chi connectivity index (χ2v) is 3.41. The molecule has 0 atom stereocenters. The van der Waals surface area contributed by atoms with Gasteiger partial charge in [0.1, 0.15) is 11.5 Å². The van der Waals surface area contributed by atoms with Gasteiger partial charge in [0.05, 0.1) is 6.54 Å². The van der Waals surface area contributed by atoms with Gasteiger partial charge in [-0.25, -0.2) is 0 Å². The third-order valence-electron chi connectivity index (χ3n) is 2.27. The average molecular weight is 201 g/mol. The Morgan fingerprint density at radius 3 is 2.60 bits per heavy atom. The molecule has 15 heavy (non-hydrogen) atoms. The summed E-state index contributed by atoms with van der Waals surface area (Å²) in [5.41, 5.74) is 1.13. The fourth-order valence-corrected chi connectivity index (χ4v) is 1.48. The Kier molecular flexibility index (Phi) is 3.20. The predicted molar refractivity (Wildman–Crippen MR) is 61.5 cm³/mol. The molecule has 0 radical (unpaired) electrons. The molecule has 1 heterocycles. The molecule has 0 saturated heterocycles. The maximum atomic E-state index is 5.71. The third kappa shape index (κ3) is 2.48. The van der Waals surface area contributed by atoms with E-state index in [0.29, 0.717) is 0 Å². The van der Waals surface area contributed by atoms with Crippen LogP contribution in [0.2, 0.25) is 0 Å². The van der Waals surface area contributed by atoms with Crippen molar-refractivity contribution in [2.24, 2.45) is 0 Å². The molecule has 2 nitrogen and oxygen atoms in total. The smallest absolute Gasteiger partial charge is 0.134 e. The minimum atomic E-state index is 0.795. The summed E-state index contributed by atoms with van der Waals surface area (Å²) < 4.78 is 5.71. The zero-order valence-corrected chi connectivity index (χ0v) is 8.86. The van der Waals surface area contributed by atoms with Crippen molar-refractivity contribution in [1.82, 2.24) is 5.32 Å². The Morgan fingerprint density at radius 1 is 1.07 bits per heavy atom. The Bertz CT molecular complexity index is 405. The van der Waals surface area contributed by atoms with Crippen molar-refractivity contribution in [3.63, 3.8) is 0 Å². The minimum absolute atomic E-state index is 0.795. The van der Waals surface area contributed by atoms with Crippen molar-refractivity contribution < 1.29 is 4.42 Å². The highest BCUT2D eigenvalue weighted by Gasteiger charge is 2.02. The summed E-state index contributed by atoms with van der Waals surface area (Å²) >= 11 is 0. The van der Waals surface area contributed by atoms with E-state index in [2.05, 4.69) is 24.4 Å². The largest absolute Gasteiger partial charge is 0.460 e. The van der Waals surface area contributed by atoms with Crippen LogP contribution in [0.5, 0.6) is 0 Å². The molecule has 78 valence electrons. The van der Waals surface area contributed by atoms with Crippen LogP contribution in [0.3, 0.4) is 0 Å². The Hall–Kier alpha value is -1.54. The standard InChI is InChI=1S/C13H15NO/c1-2-14-10-12-8-9-13(15-12)11-6-4-3-5-7-11/h3-9,14H,2,10H2,1H3. The number of furan rings is 1. The van der Waals surface area contributed by atoms with E-state index < -0.39 is 0 Å². The summed E-state index contributed by atoms with van der Waals surface area (Å²) in [5, 5.41) is 3.24. The van der Waals surface area contributed by atoms with Crippen LogP contribution in [0.15, 0.2) is 46.9 Å². The predicted octanol–water partition coefficient (Wildman–Crippen LogP) is 3.06.